The number of hydrogen-bond donors (Lipinski definition) is 1. The van der Waals surface area contributed by atoms with E-state index < -0.39 is 7.25 Å². The molecule has 4 rings (SSSR count). The number of aromatic nitrogens is 1. The quantitative estimate of drug-likeness (QED) is 0.297. The fraction of sp³-hybridized carbons (Fsp3) is 0. The second kappa shape index (κ2) is 6.66. The van der Waals surface area contributed by atoms with E-state index in [1.165, 1.54) is 12.1 Å². The monoisotopic (exact) mass is 366 g/mol. The highest BCUT2D eigenvalue weighted by molar-refractivity contribution is 6.50. The Morgan fingerprint density at radius 3 is 2.15 bits per heavy atom. The van der Waals surface area contributed by atoms with Gasteiger partial charge in [0.2, 0.25) is 0 Å². The van der Waals surface area contributed by atoms with Gasteiger partial charge in [-0.15, -0.1) is 4.40 Å². The second-order valence-electron chi connectivity index (χ2n) is 5.39. The van der Waals surface area contributed by atoms with E-state index in [1.807, 2.05) is 40.9 Å². The molecule has 2 N–H and O–H groups in total. The fourth-order valence-electron chi connectivity index (χ4n) is 2.63. The maximum Gasteiger partial charge on any atom is 0.673 e. The Hall–Kier alpha value is -3.10. The summed E-state index contributed by atoms with van der Waals surface area (Å²) in [6.45, 7) is 0. The molecule has 2 heterocycles. The molecule has 2 aromatic heterocycles. The van der Waals surface area contributed by atoms with E-state index >= 15 is 0 Å². The van der Waals surface area contributed by atoms with Crippen LogP contribution in [0.3, 0.4) is 0 Å². The van der Waals surface area contributed by atoms with Gasteiger partial charge in [-0.2, -0.15) is 0 Å². The SMILES string of the molecule is F[B-](F)(F)F.Nc1oc(-c2ccc(F)cc2)[n+]2ccc3ccccc3c12. The van der Waals surface area contributed by atoms with Gasteiger partial charge < -0.3 is 27.4 Å². The summed E-state index contributed by atoms with van der Waals surface area (Å²) in [6, 6.07) is 16.1. The summed E-state index contributed by atoms with van der Waals surface area (Å²) in [7, 11) is -6.00. The van der Waals surface area contributed by atoms with Crippen LogP contribution in [-0.4, -0.2) is 7.25 Å². The Kier molecular flexibility index (Phi) is 4.54. The molecule has 4 aromatic rings. The van der Waals surface area contributed by atoms with Crippen molar-refractivity contribution < 1.29 is 30.5 Å². The van der Waals surface area contributed by atoms with Crippen LogP contribution in [-0.2, 0) is 0 Å². The van der Waals surface area contributed by atoms with Crippen molar-refractivity contribution in [2.24, 2.45) is 0 Å². The van der Waals surface area contributed by atoms with E-state index in [2.05, 4.69) is 0 Å². The molecule has 0 atom stereocenters. The molecule has 0 spiro atoms. The van der Waals surface area contributed by atoms with Gasteiger partial charge in [-0.3, -0.25) is 0 Å². The lowest BCUT2D eigenvalue weighted by molar-refractivity contribution is -0.502. The lowest BCUT2D eigenvalue weighted by Crippen LogP contribution is -2.21. The number of benzene rings is 2. The third kappa shape index (κ3) is 3.76. The van der Waals surface area contributed by atoms with E-state index in [0.717, 1.165) is 21.9 Å². The van der Waals surface area contributed by atoms with Crippen LogP contribution in [0.4, 0.5) is 27.5 Å². The largest absolute Gasteiger partial charge is 0.673 e. The van der Waals surface area contributed by atoms with Crippen molar-refractivity contribution in [3.8, 4) is 11.5 Å². The molecular formula is C17H12BF5N2O. The first kappa shape index (κ1) is 17.7. The first-order valence-corrected chi connectivity index (χ1v) is 7.48. The normalized spacial score (nSPS) is 11.4. The highest BCUT2D eigenvalue weighted by Gasteiger charge is 2.24. The van der Waals surface area contributed by atoms with Gasteiger partial charge in [0.1, 0.15) is 5.82 Å². The van der Waals surface area contributed by atoms with Crippen LogP contribution in [0.2, 0.25) is 0 Å². The zero-order valence-corrected chi connectivity index (χ0v) is 13.2. The minimum atomic E-state index is -6.00. The van der Waals surface area contributed by atoms with E-state index in [9.17, 15) is 21.7 Å². The van der Waals surface area contributed by atoms with Crippen molar-refractivity contribution in [1.29, 1.82) is 0 Å². The lowest BCUT2D eigenvalue weighted by Gasteiger charge is -1.95. The first-order chi connectivity index (χ1) is 12.2. The molecule has 0 bridgehead atoms. The number of nitrogens with two attached hydrogens (primary N) is 1. The zero-order valence-electron chi connectivity index (χ0n) is 13.2. The maximum atomic E-state index is 13.1. The van der Waals surface area contributed by atoms with E-state index in [-0.39, 0.29) is 5.82 Å². The van der Waals surface area contributed by atoms with E-state index in [0.29, 0.717) is 11.8 Å². The molecule has 0 aliphatic rings. The molecule has 26 heavy (non-hydrogen) atoms. The number of hydrogen-bond acceptors (Lipinski definition) is 2. The summed E-state index contributed by atoms with van der Waals surface area (Å²) in [5, 5.41) is 2.12. The Labute approximate surface area is 144 Å². The van der Waals surface area contributed by atoms with Crippen LogP contribution < -0.4 is 10.1 Å². The summed E-state index contributed by atoms with van der Waals surface area (Å²) < 4.78 is 59.7. The van der Waals surface area contributed by atoms with Gasteiger partial charge in [0, 0.05) is 6.07 Å². The van der Waals surface area contributed by atoms with Crippen molar-refractivity contribution in [2.75, 3.05) is 5.73 Å². The molecule has 9 heteroatoms. The maximum absolute atomic E-state index is 13.1. The average Bonchev–Trinajstić information content (AvgIpc) is 2.91. The van der Waals surface area contributed by atoms with Gasteiger partial charge >= 0.3 is 13.1 Å². The topological polar surface area (TPSA) is 43.3 Å². The Morgan fingerprint density at radius 2 is 1.50 bits per heavy atom. The van der Waals surface area contributed by atoms with Crippen molar-refractivity contribution in [2.45, 2.75) is 0 Å². The summed E-state index contributed by atoms with van der Waals surface area (Å²) in [4.78, 5) is 0. The first-order valence-electron chi connectivity index (χ1n) is 7.48. The minimum absolute atomic E-state index is 0.280. The molecule has 0 saturated carbocycles. The van der Waals surface area contributed by atoms with Crippen LogP contribution in [0.25, 0.3) is 27.7 Å². The summed E-state index contributed by atoms with van der Waals surface area (Å²) in [6.07, 6.45) is 1.91. The van der Waals surface area contributed by atoms with Gasteiger partial charge in [0.15, 0.2) is 6.20 Å². The van der Waals surface area contributed by atoms with Gasteiger partial charge in [-0.1, -0.05) is 18.2 Å². The van der Waals surface area contributed by atoms with Crippen LogP contribution in [0.1, 0.15) is 0 Å². The average molecular weight is 366 g/mol. The third-order valence-corrected chi connectivity index (χ3v) is 3.61. The lowest BCUT2D eigenvalue weighted by atomic mass is 10.1. The van der Waals surface area contributed by atoms with Crippen LogP contribution in [0.5, 0.6) is 0 Å². The number of pyridine rings is 1. The number of rotatable bonds is 1. The molecule has 0 aliphatic carbocycles. The van der Waals surface area contributed by atoms with E-state index in [1.54, 1.807) is 12.1 Å². The predicted molar refractivity (Wildman–Crippen MR) is 89.4 cm³/mol. The number of halogens is 5. The Morgan fingerprint density at radius 1 is 0.885 bits per heavy atom. The van der Waals surface area contributed by atoms with Gasteiger partial charge in [0.25, 0.3) is 11.4 Å². The number of oxazole rings is 1. The molecule has 2 aromatic carbocycles. The molecule has 0 radical (unpaired) electrons. The van der Waals surface area contributed by atoms with Crippen LogP contribution in [0.15, 0.2) is 65.2 Å². The molecule has 0 aliphatic heterocycles. The molecular weight excluding hydrogens is 354 g/mol. The summed E-state index contributed by atoms with van der Waals surface area (Å²) >= 11 is 0. The van der Waals surface area contributed by atoms with Crippen molar-refractivity contribution >= 4 is 29.4 Å². The molecule has 0 unspecified atom stereocenters. The Bertz CT molecular complexity index is 1050. The summed E-state index contributed by atoms with van der Waals surface area (Å²) in [5.41, 5.74) is 7.65. The van der Waals surface area contributed by atoms with Crippen LogP contribution >= 0.6 is 0 Å². The van der Waals surface area contributed by atoms with Crippen molar-refractivity contribution in [1.82, 2.24) is 0 Å². The molecule has 0 saturated heterocycles. The van der Waals surface area contributed by atoms with Crippen LogP contribution in [0, 0.1) is 5.82 Å². The predicted octanol–water partition coefficient (Wildman–Crippen LogP) is 4.86. The fourth-order valence-corrected chi connectivity index (χ4v) is 2.63. The van der Waals surface area contributed by atoms with Crippen molar-refractivity contribution in [3.63, 3.8) is 0 Å². The standard InChI is InChI=1S/C17H12FN2O.BF4/c18-13-7-5-12(6-8-13)17-20-10-9-11-3-1-2-4-14(11)15(20)16(19)21-17;2-1(3,4)5/h1-10H,19H2;/q+1;-1. The smallest absolute Gasteiger partial charge is 0.418 e. The van der Waals surface area contributed by atoms with Gasteiger partial charge in [-0.25, -0.2) is 4.39 Å². The minimum Gasteiger partial charge on any atom is -0.418 e. The number of fused-ring (bicyclic) bond motifs is 3. The number of nitrogens with zero attached hydrogens (tertiary/aromatic N) is 1. The van der Waals surface area contributed by atoms with Gasteiger partial charge in [-0.05, 0) is 35.7 Å². The molecule has 0 fully saturated rings. The highest BCUT2D eigenvalue weighted by atomic mass is 19.5. The highest BCUT2D eigenvalue weighted by Crippen LogP contribution is 2.27. The third-order valence-electron chi connectivity index (χ3n) is 3.61. The van der Waals surface area contributed by atoms with Gasteiger partial charge in [0.05, 0.1) is 10.9 Å². The second-order valence-corrected chi connectivity index (χ2v) is 5.39. The molecule has 134 valence electrons. The summed E-state index contributed by atoms with van der Waals surface area (Å²) in [5.74, 6) is 0.664. The van der Waals surface area contributed by atoms with E-state index in [4.69, 9.17) is 10.2 Å². The number of nitrogen functional groups attached to an aromatic ring is 1. The van der Waals surface area contributed by atoms with Crippen molar-refractivity contribution in [3.05, 3.63) is 66.6 Å². The number of anilines is 1. The molecule has 0 amide bonds. The Balaban J connectivity index is 0.000000349. The zero-order chi connectivity index (χ0) is 18.9. The molecule has 3 nitrogen and oxygen atoms in total.